The average molecular weight is 267 g/mol. The minimum atomic E-state index is -0.0469. The Morgan fingerprint density at radius 1 is 1.35 bits per heavy atom. The number of hydrogen-bond donors (Lipinski definition) is 1. The van der Waals surface area contributed by atoms with Crippen molar-refractivity contribution in [1.82, 2.24) is 9.97 Å². The van der Waals surface area contributed by atoms with Crippen molar-refractivity contribution < 1.29 is 5.11 Å². The predicted molar refractivity (Wildman–Crippen MR) is 68.3 cm³/mol. The van der Waals surface area contributed by atoms with E-state index in [9.17, 15) is 5.11 Å². The third-order valence-corrected chi connectivity index (χ3v) is 3.68. The Hall–Kier alpha value is -1.10. The highest BCUT2D eigenvalue weighted by Gasteiger charge is 2.09. The van der Waals surface area contributed by atoms with Crippen LogP contribution in [0.5, 0.6) is 0 Å². The average Bonchev–Trinajstić information content (AvgIpc) is 2.32. The van der Waals surface area contributed by atoms with Crippen LogP contribution in [-0.2, 0) is 6.61 Å². The summed E-state index contributed by atoms with van der Waals surface area (Å²) in [7, 11) is 0. The molecule has 0 aliphatic rings. The van der Waals surface area contributed by atoms with Gasteiger partial charge in [0.25, 0.3) is 0 Å². The SMILES string of the molecule is Cc1ccnc(Sc2c(Cl)cccc2CO)n1. The molecule has 0 radical (unpaired) electrons. The zero-order valence-corrected chi connectivity index (χ0v) is 10.8. The summed E-state index contributed by atoms with van der Waals surface area (Å²) in [6, 6.07) is 7.28. The standard InChI is InChI=1S/C12H11ClN2OS/c1-8-5-6-14-12(15-8)17-11-9(7-16)3-2-4-10(11)13/h2-6,16H,7H2,1H3. The van der Waals surface area contributed by atoms with Crippen LogP contribution in [0, 0.1) is 6.92 Å². The van der Waals surface area contributed by atoms with Gasteiger partial charge in [0.1, 0.15) is 0 Å². The van der Waals surface area contributed by atoms with E-state index in [0.717, 1.165) is 16.2 Å². The maximum Gasteiger partial charge on any atom is 0.192 e. The molecule has 0 amide bonds. The second-order valence-electron chi connectivity index (χ2n) is 3.47. The second-order valence-corrected chi connectivity index (χ2v) is 4.85. The van der Waals surface area contributed by atoms with Crippen LogP contribution < -0.4 is 0 Å². The van der Waals surface area contributed by atoms with E-state index in [4.69, 9.17) is 11.6 Å². The molecule has 3 nitrogen and oxygen atoms in total. The monoisotopic (exact) mass is 266 g/mol. The van der Waals surface area contributed by atoms with Gasteiger partial charge in [0.2, 0.25) is 0 Å². The van der Waals surface area contributed by atoms with Crippen LogP contribution in [0.15, 0.2) is 40.5 Å². The first-order chi connectivity index (χ1) is 8.20. The van der Waals surface area contributed by atoms with Gasteiger partial charge in [0, 0.05) is 16.8 Å². The number of rotatable bonds is 3. The number of aliphatic hydroxyl groups is 1. The van der Waals surface area contributed by atoms with E-state index in [1.54, 1.807) is 12.3 Å². The molecule has 2 rings (SSSR count). The quantitative estimate of drug-likeness (QED) is 0.868. The molecule has 0 fully saturated rings. The summed E-state index contributed by atoms with van der Waals surface area (Å²) < 4.78 is 0. The number of aryl methyl sites for hydroxylation is 1. The van der Waals surface area contributed by atoms with Gasteiger partial charge in [0.05, 0.1) is 11.6 Å². The number of aromatic nitrogens is 2. The first-order valence-electron chi connectivity index (χ1n) is 5.06. The van der Waals surface area contributed by atoms with Gasteiger partial charge in [-0.2, -0.15) is 0 Å². The largest absolute Gasteiger partial charge is 0.392 e. The Bertz CT molecular complexity index is 534. The third kappa shape index (κ3) is 2.97. The molecule has 88 valence electrons. The zero-order chi connectivity index (χ0) is 12.3. The van der Waals surface area contributed by atoms with Crippen molar-refractivity contribution >= 4 is 23.4 Å². The lowest BCUT2D eigenvalue weighted by molar-refractivity contribution is 0.279. The highest BCUT2D eigenvalue weighted by molar-refractivity contribution is 7.99. The number of halogens is 1. The minimum Gasteiger partial charge on any atom is -0.392 e. The lowest BCUT2D eigenvalue weighted by Gasteiger charge is -2.08. The first-order valence-corrected chi connectivity index (χ1v) is 6.26. The van der Waals surface area contributed by atoms with Crippen LogP contribution in [0.4, 0.5) is 0 Å². The fourth-order valence-electron chi connectivity index (χ4n) is 1.36. The van der Waals surface area contributed by atoms with Crippen LogP contribution in [-0.4, -0.2) is 15.1 Å². The van der Waals surface area contributed by atoms with Crippen molar-refractivity contribution in [3.8, 4) is 0 Å². The molecule has 0 aliphatic carbocycles. The fourth-order valence-corrected chi connectivity index (χ4v) is 2.58. The summed E-state index contributed by atoms with van der Waals surface area (Å²) in [5.41, 5.74) is 1.69. The zero-order valence-electron chi connectivity index (χ0n) is 9.22. The Labute approximate surface area is 109 Å². The molecule has 0 unspecified atom stereocenters. The van der Waals surface area contributed by atoms with Crippen LogP contribution in [0.2, 0.25) is 5.02 Å². The molecule has 0 atom stereocenters. The maximum absolute atomic E-state index is 9.26. The summed E-state index contributed by atoms with van der Waals surface area (Å²) in [6.45, 7) is 1.86. The molecular weight excluding hydrogens is 256 g/mol. The van der Waals surface area contributed by atoms with Crippen LogP contribution in [0.25, 0.3) is 0 Å². The van der Waals surface area contributed by atoms with Gasteiger partial charge in [-0.1, -0.05) is 23.7 Å². The van der Waals surface area contributed by atoms with Gasteiger partial charge in [-0.15, -0.1) is 0 Å². The van der Waals surface area contributed by atoms with E-state index in [0.29, 0.717) is 10.2 Å². The molecule has 1 aromatic heterocycles. The van der Waals surface area contributed by atoms with Crippen LogP contribution >= 0.6 is 23.4 Å². The van der Waals surface area contributed by atoms with Crippen molar-refractivity contribution in [3.05, 3.63) is 46.7 Å². The van der Waals surface area contributed by atoms with E-state index in [2.05, 4.69) is 9.97 Å². The summed E-state index contributed by atoms with van der Waals surface area (Å²) >= 11 is 7.48. The molecule has 1 N–H and O–H groups in total. The molecule has 17 heavy (non-hydrogen) atoms. The number of benzene rings is 1. The van der Waals surface area contributed by atoms with Crippen molar-refractivity contribution in [3.63, 3.8) is 0 Å². The molecule has 0 bridgehead atoms. The molecule has 2 aromatic rings. The van der Waals surface area contributed by atoms with Crippen LogP contribution in [0.1, 0.15) is 11.3 Å². The Balaban J connectivity index is 2.35. The predicted octanol–water partition coefficient (Wildman–Crippen LogP) is 3.08. The van der Waals surface area contributed by atoms with Crippen molar-refractivity contribution in [2.24, 2.45) is 0 Å². The van der Waals surface area contributed by atoms with E-state index >= 15 is 0 Å². The van der Waals surface area contributed by atoms with E-state index in [1.165, 1.54) is 11.8 Å². The molecule has 0 aliphatic heterocycles. The lowest BCUT2D eigenvalue weighted by Crippen LogP contribution is -1.92. The van der Waals surface area contributed by atoms with Crippen molar-refractivity contribution in [2.75, 3.05) is 0 Å². The van der Waals surface area contributed by atoms with E-state index < -0.39 is 0 Å². The number of hydrogen-bond acceptors (Lipinski definition) is 4. The van der Waals surface area contributed by atoms with Crippen LogP contribution in [0.3, 0.4) is 0 Å². The van der Waals surface area contributed by atoms with Gasteiger partial charge >= 0.3 is 0 Å². The number of aliphatic hydroxyl groups excluding tert-OH is 1. The van der Waals surface area contributed by atoms with Crippen molar-refractivity contribution in [2.45, 2.75) is 23.6 Å². The van der Waals surface area contributed by atoms with Gasteiger partial charge in [-0.05, 0) is 36.4 Å². The van der Waals surface area contributed by atoms with Gasteiger partial charge < -0.3 is 5.11 Å². The topological polar surface area (TPSA) is 46.0 Å². The lowest BCUT2D eigenvalue weighted by atomic mass is 10.2. The molecule has 5 heteroatoms. The van der Waals surface area contributed by atoms with Gasteiger partial charge in [-0.3, -0.25) is 0 Å². The van der Waals surface area contributed by atoms with E-state index in [-0.39, 0.29) is 6.61 Å². The minimum absolute atomic E-state index is 0.0469. The van der Waals surface area contributed by atoms with Gasteiger partial charge in [0.15, 0.2) is 5.16 Å². The molecule has 0 spiro atoms. The first kappa shape index (κ1) is 12.4. The Morgan fingerprint density at radius 2 is 2.18 bits per heavy atom. The molecule has 1 heterocycles. The second kappa shape index (κ2) is 5.49. The summed E-state index contributed by atoms with van der Waals surface area (Å²) in [4.78, 5) is 9.27. The van der Waals surface area contributed by atoms with E-state index in [1.807, 2.05) is 25.1 Å². The molecule has 0 saturated heterocycles. The summed E-state index contributed by atoms with van der Waals surface area (Å²) in [5, 5.41) is 10.5. The summed E-state index contributed by atoms with van der Waals surface area (Å²) in [6.07, 6.45) is 1.71. The molecular formula is C12H11ClN2OS. The normalized spacial score (nSPS) is 10.5. The third-order valence-electron chi connectivity index (χ3n) is 2.18. The smallest absolute Gasteiger partial charge is 0.192 e. The van der Waals surface area contributed by atoms with Gasteiger partial charge in [-0.25, -0.2) is 9.97 Å². The highest BCUT2D eigenvalue weighted by Crippen LogP contribution is 2.34. The molecule has 1 aromatic carbocycles. The highest BCUT2D eigenvalue weighted by atomic mass is 35.5. The number of nitrogens with zero attached hydrogens (tertiary/aromatic N) is 2. The summed E-state index contributed by atoms with van der Waals surface area (Å²) in [5.74, 6) is 0. The maximum atomic E-state index is 9.26. The fraction of sp³-hybridized carbons (Fsp3) is 0.167. The molecule has 0 saturated carbocycles. The Kier molecular flexibility index (Phi) is 3.99. The Morgan fingerprint density at radius 3 is 2.88 bits per heavy atom. The van der Waals surface area contributed by atoms with Crippen molar-refractivity contribution in [1.29, 1.82) is 0 Å².